The first-order chi connectivity index (χ1) is 14.5. The highest BCUT2D eigenvalue weighted by Crippen LogP contribution is 2.28. The van der Waals surface area contributed by atoms with Crippen molar-refractivity contribution in [3.05, 3.63) is 70.0 Å². The highest BCUT2D eigenvalue weighted by molar-refractivity contribution is 5.61. The van der Waals surface area contributed by atoms with E-state index in [2.05, 4.69) is 40.0 Å². The van der Waals surface area contributed by atoms with Gasteiger partial charge in [0.05, 0.1) is 5.69 Å². The summed E-state index contributed by atoms with van der Waals surface area (Å²) in [5, 5.41) is 9.06. The van der Waals surface area contributed by atoms with Crippen LogP contribution in [0.15, 0.2) is 47.7 Å². The molecule has 4 aromatic rings. The van der Waals surface area contributed by atoms with Gasteiger partial charge in [0.15, 0.2) is 11.5 Å². The number of hydrogen-bond acceptors (Lipinski definition) is 6. The van der Waals surface area contributed by atoms with Gasteiger partial charge in [-0.15, -0.1) is 5.10 Å². The SMILES string of the molecule is Cc1cc2nccc(=O)n2nc1N1CCc2ncc(-c3ccnn3C(C)C)cc2C1. The quantitative estimate of drug-likeness (QED) is 0.525. The van der Waals surface area contributed by atoms with Crippen LogP contribution in [0.1, 0.15) is 36.7 Å². The Morgan fingerprint density at radius 1 is 1.10 bits per heavy atom. The van der Waals surface area contributed by atoms with Crippen LogP contribution in [0, 0.1) is 6.92 Å². The van der Waals surface area contributed by atoms with E-state index in [-0.39, 0.29) is 11.6 Å². The van der Waals surface area contributed by atoms with E-state index in [1.165, 1.54) is 22.3 Å². The van der Waals surface area contributed by atoms with Gasteiger partial charge in [0.1, 0.15) is 0 Å². The van der Waals surface area contributed by atoms with Gasteiger partial charge >= 0.3 is 0 Å². The van der Waals surface area contributed by atoms with Crippen molar-refractivity contribution in [2.75, 3.05) is 11.4 Å². The average molecular weight is 401 g/mol. The van der Waals surface area contributed by atoms with E-state index in [1.807, 2.05) is 36.1 Å². The highest BCUT2D eigenvalue weighted by Gasteiger charge is 2.22. The van der Waals surface area contributed by atoms with Crippen molar-refractivity contribution in [3.8, 4) is 11.3 Å². The lowest BCUT2D eigenvalue weighted by molar-refractivity contribution is 0.538. The maximum atomic E-state index is 12.2. The molecule has 0 atom stereocenters. The molecule has 152 valence electrons. The van der Waals surface area contributed by atoms with Crippen molar-refractivity contribution >= 4 is 11.5 Å². The molecule has 8 heteroatoms. The molecule has 0 saturated heterocycles. The minimum Gasteiger partial charge on any atom is -0.350 e. The van der Waals surface area contributed by atoms with E-state index in [1.54, 1.807) is 0 Å². The number of rotatable bonds is 3. The van der Waals surface area contributed by atoms with Crippen molar-refractivity contribution in [2.45, 2.75) is 39.8 Å². The highest BCUT2D eigenvalue weighted by atomic mass is 16.1. The fraction of sp³-hybridized carbons (Fsp3) is 0.318. The molecule has 4 aromatic heterocycles. The molecular weight excluding hydrogens is 378 g/mol. The Morgan fingerprint density at radius 2 is 1.97 bits per heavy atom. The Balaban J connectivity index is 1.53. The molecule has 0 unspecified atom stereocenters. The van der Waals surface area contributed by atoms with Gasteiger partial charge in [0.2, 0.25) is 0 Å². The van der Waals surface area contributed by atoms with Gasteiger partial charge in [-0.25, -0.2) is 4.98 Å². The summed E-state index contributed by atoms with van der Waals surface area (Å²) in [6.45, 7) is 7.74. The number of hydrogen-bond donors (Lipinski definition) is 0. The molecule has 0 amide bonds. The third-order valence-corrected chi connectivity index (χ3v) is 5.54. The van der Waals surface area contributed by atoms with Crippen molar-refractivity contribution in [2.24, 2.45) is 0 Å². The summed E-state index contributed by atoms with van der Waals surface area (Å²) in [6.07, 6.45) is 6.12. The summed E-state index contributed by atoms with van der Waals surface area (Å²) in [6, 6.07) is 7.85. The van der Waals surface area contributed by atoms with E-state index in [0.29, 0.717) is 12.2 Å². The molecule has 8 nitrogen and oxygen atoms in total. The van der Waals surface area contributed by atoms with Crippen LogP contribution in [0.2, 0.25) is 0 Å². The summed E-state index contributed by atoms with van der Waals surface area (Å²) in [4.78, 5) is 23.4. The zero-order valence-corrected chi connectivity index (χ0v) is 17.3. The van der Waals surface area contributed by atoms with Gasteiger partial charge in [0.25, 0.3) is 5.56 Å². The predicted octanol–water partition coefficient (Wildman–Crippen LogP) is 2.80. The molecule has 0 saturated carbocycles. The van der Waals surface area contributed by atoms with E-state index < -0.39 is 0 Å². The fourth-order valence-electron chi connectivity index (χ4n) is 4.06. The first kappa shape index (κ1) is 18.5. The van der Waals surface area contributed by atoms with Crippen LogP contribution in [0.3, 0.4) is 0 Å². The number of fused-ring (bicyclic) bond motifs is 2. The molecule has 5 heterocycles. The molecule has 0 aliphatic carbocycles. The molecular formula is C22H23N7O. The molecule has 0 radical (unpaired) electrons. The van der Waals surface area contributed by atoms with E-state index in [0.717, 1.165) is 41.3 Å². The number of nitrogens with zero attached hydrogens (tertiary/aromatic N) is 7. The summed E-state index contributed by atoms with van der Waals surface area (Å²) in [5.41, 5.74) is 5.80. The standard InChI is InChI=1S/C22H23N7O/c1-14(2)28-19(4-8-25-28)16-11-17-13-27(9-6-18(17)24-12-16)22-15(3)10-20-23-7-5-21(30)29(20)26-22/h4-5,7-8,10-12,14H,6,9,13H2,1-3H3. The molecule has 1 aliphatic rings. The Labute approximate surface area is 173 Å². The van der Waals surface area contributed by atoms with E-state index in [9.17, 15) is 4.79 Å². The van der Waals surface area contributed by atoms with Crippen LogP contribution < -0.4 is 10.5 Å². The molecule has 0 N–H and O–H groups in total. The lowest BCUT2D eigenvalue weighted by Gasteiger charge is -2.30. The lowest BCUT2D eigenvalue weighted by atomic mass is 10.0. The van der Waals surface area contributed by atoms with Crippen LogP contribution in [-0.4, -0.2) is 35.9 Å². The zero-order valence-electron chi connectivity index (χ0n) is 17.3. The molecule has 0 bridgehead atoms. The minimum absolute atomic E-state index is 0.176. The molecule has 30 heavy (non-hydrogen) atoms. The van der Waals surface area contributed by atoms with Gasteiger partial charge in [-0.05, 0) is 50.1 Å². The molecule has 1 aliphatic heterocycles. The summed E-state index contributed by atoms with van der Waals surface area (Å²) in [7, 11) is 0. The van der Waals surface area contributed by atoms with E-state index >= 15 is 0 Å². The van der Waals surface area contributed by atoms with Crippen LogP contribution >= 0.6 is 0 Å². The maximum Gasteiger partial charge on any atom is 0.274 e. The maximum absolute atomic E-state index is 12.2. The fourth-order valence-corrected chi connectivity index (χ4v) is 4.06. The average Bonchev–Trinajstić information content (AvgIpc) is 3.23. The number of anilines is 1. The third kappa shape index (κ3) is 3.04. The number of aromatic nitrogens is 6. The Bertz CT molecular complexity index is 1300. The second kappa shape index (κ2) is 7.05. The topological polar surface area (TPSA) is 81.2 Å². The molecule has 0 fully saturated rings. The number of pyridine rings is 1. The third-order valence-electron chi connectivity index (χ3n) is 5.54. The molecule has 0 spiro atoms. The van der Waals surface area contributed by atoms with Crippen molar-refractivity contribution in [1.82, 2.24) is 29.4 Å². The normalized spacial score (nSPS) is 13.8. The monoisotopic (exact) mass is 401 g/mol. The largest absolute Gasteiger partial charge is 0.350 e. The van der Waals surface area contributed by atoms with Crippen LogP contribution in [0.4, 0.5) is 5.82 Å². The van der Waals surface area contributed by atoms with Gasteiger partial charge in [-0.3, -0.25) is 14.5 Å². The van der Waals surface area contributed by atoms with Crippen molar-refractivity contribution in [1.29, 1.82) is 0 Å². The van der Waals surface area contributed by atoms with Gasteiger partial charge in [-0.2, -0.15) is 9.61 Å². The lowest BCUT2D eigenvalue weighted by Crippen LogP contribution is -2.33. The molecule has 0 aromatic carbocycles. The smallest absolute Gasteiger partial charge is 0.274 e. The predicted molar refractivity (Wildman–Crippen MR) is 115 cm³/mol. The Hall–Kier alpha value is -3.55. The first-order valence-corrected chi connectivity index (χ1v) is 10.1. The van der Waals surface area contributed by atoms with Gasteiger partial charge in [-0.1, -0.05) is 0 Å². The van der Waals surface area contributed by atoms with Crippen LogP contribution in [0.5, 0.6) is 0 Å². The second-order valence-electron chi connectivity index (χ2n) is 7.96. The Morgan fingerprint density at radius 3 is 2.80 bits per heavy atom. The zero-order chi connectivity index (χ0) is 20.8. The van der Waals surface area contributed by atoms with E-state index in [4.69, 9.17) is 4.98 Å². The summed E-state index contributed by atoms with van der Waals surface area (Å²) >= 11 is 0. The summed E-state index contributed by atoms with van der Waals surface area (Å²) in [5.74, 6) is 0.806. The van der Waals surface area contributed by atoms with Crippen molar-refractivity contribution < 1.29 is 0 Å². The van der Waals surface area contributed by atoms with Gasteiger partial charge in [0, 0.05) is 61.5 Å². The second-order valence-corrected chi connectivity index (χ2v) is 7.96. The minimum atomic E-state index is -0.176. The molecule has 5 rings (SSSR count). The van der Waals surface area contributed by atoms with Crippen LogP contribution in [-0.2, 0) is 13.0 Å². The Kier molecular flexibility index (Phi) is 4.34. The first-order valence-electron chi connectivity index (χ1n) is 10.1. The number of aryl methyl sites for hydroxylation is 1. The van der Waals surface area contributed by atoms with Crippen LogP contribution in [0.25, 0.3) is 16.9 Å². The van der Waals surface area contributed by atoms with Gasteiger partial charge < -0.3 is 4.90 Å². The summed E-state index contributed by atoms with van der Waals surface area (Å²) < 4.78 is 3.38. The van der Waals surface area contributed by atoms with Crippen molar-refractivity contribution in [3.63, 3.8) is 0 Å².